The summed E-state index contributed by atoms with van der Waals surface area (Å²) in [7, 11) is 0. The van der Waals surface area contributed by atoms with Crippen molar-refractivity contribution in [1.29, 1.82) is 0 Å². The first-order valence-corrected chi connectivity index (χ1v) is 7.08. The molecule has 0 aromatic carbocycles. The van der Waals surface area contributed by atoms with E-state index in [9.17, 15) is 9.90 Å². The summed E-state index contributed by atoms with van der Waals surface area (Å²) >= 11 is 0. The number of aromatic amines is 2. The van der Waals surface area contributed by atoms with Crippen LogP contribution in [0, 0.1) is 0 Å². The summed E-state index contributed by atoms with van der Waals surface area (Å²) in [6, 6.07) is 0. The molecular weight excluding hydrogens is 292 g/mol. The van der Waals surface area contributed by atoms with Crippen molar-refractivity contribution in [3.63, 3.8) is 0 Å². The van der Waals surface area contributed by atoms with Crippen LogP contribution in [-0.4, -0.2) is 50.8 Å². The Morgan fingerprint density at radius 2 is 2.14 bits per heavy atom. The van der Waals surface area contributed by atoms with Gasteiger partial charge in [-0.15, -0.1) is 0 Å². The molecule has 0 saturated carbocycles. The second kappa shape index (κ2) is 4.59. The number of aliphatic hydroxyl groups excluding tert-OH is 1. The van der Waals surface area contributed by atoms with Gasteiger partial charge in [-0.1, -0.05) is 4.98 Å². The first-order chi connectivity index (χ1) is 10.5. The summed E-state index contributed by atoms with van der Waals surface area (Å²) < 4.78 is 19.3. The van der Waals surface area contributed by atoms with Crippen molar-refractivity contribution in [3.05, 3.63) is 23.0 Å². The highest BCUT2D eigenvalue weighted by Gasteiger charge is 2.57. The number of imidazole rings is 1. The van der Waals surface area contributed by atoms with Gasteiger partial charge in [0.05, 0.1) is 6.61 Å². The van der Waals surface area contributed by atoms with Gasteiger partial charge in [0.25, 0.3) is 5.56 Å². The van der Waals surface area contributed by atoms with Crippen molar-refractivity contribution in [2.24, 2.45) is 0 Å². The predicted molar refractivity (Wildman–Crippen MR) is 71.7 cm³/mol. The third-order valence-corrected chi connectivity index (χ3v) is 4.01. The fourth-order valence-corrected chi connectivity index (χ4v) is 3.14. The second-order valence-corrected chi connectivity index (χ2v) is 5.92. The Morgan fingerprint density at radius 1 is 1.36 bits per heavy atom. The van der Waals surface area contributed by atoms with E-state index in [1.807, 2.05) is 13.8 Å². The standard InChI is InChI=1S/C13H16N4O5/c1-13(2)21-8-6(3-18)20-12(9(8)22-13)17-5-16-7-10(17)14-4-15-11(7)19/h4-6,8-9,12,18H,3H2,1-2H3,(H,14,15,19)/p+1/t6-,8-,9+,12-/m0/s1. The molecule has 0 bridgehead atoms. The molecule has 2 saturated heterocycles. The molecule has 9 heteroatoms. The maximum Gasteiger partial charge on any atom is 0.311 e. The van der Waals surface area contributed by atoms with Crippen LogP contribution in [0.1, 0.15) is 20.1 Å². The van der Waals surface area contributed by atoms with E-state index in [1.54, 1.807) is 10.9 Å². The van der Waals surface area contributed by atoms with Crippen LogP contribution in [0.5, 0.6) is 0 Å². The van der Waals surface area contributed by atoms with Gasteiger partial charge in [0.1, 0.15) is 18.3 Å². The summed E-state index contributed by atoms with van der Waals surface area (Å²) in [4.78, 5) is 21.4. The minimum absolute atomic E-state index is 0.173. The maximum absolute atomic E-state index is 11.8. The van der Waals surface area contributed by atoms with Gasteiger partial charge >= 0.3 is 5.65 Å². The first-order valence-electron chi connectivity index (χ1n) is 7.08. The smallest absolute Gasteiger partial charge is 0.311 e. The van der Waals surface area contributed by atoms with Crippen molar-refractivity contribution >= 4 is 11.2 Å². The van der Waals surface area contributed by atoms with Crippen molar-refractivity contribution in [2.75, 3.05) is 6.61 Å². The molecule has 0 amide bonds. The summed E-state index contributed by atoms with van der Waals surface area (Å²) in [5.41, 5.74) is 0.550. The molecule has 0 unspecified atom stereocenters. The van der Waals surface area contributed by atoms with Gasteiger partial charge in [-0.05, 0) is 13.8 Å². The van der Waals surface area contributed by atoms with Crippen LogP contribution < -0.4 is 10.1 Å². The molecule has 0 spiro atoms. The number of hydrogen-bond acceptors (Lipinski definition) is 6. The fraction of sp³-hybridized carbons (Fsp3) is 0.615. The SMILES string of the molecule is CC1(C)O[C@@H]2[C@@H](O1)[C@@H]([n+]1c[nH]c3c(=O)[nH]cnc31)O[C@H]2CO. The fourth-order valence-electron chi connectivity index (χ4n) is 3.14. The molecule has 4 heterocycles. The number of nitrogens with zero attached hydrogens (tertiary/aromatic N) is 2. The molecule has 2 fully saturated rings. The zero-order chi connectivity index (χ0) is 15.5. The molecule has 118 valence electrons. The van der Waals surface area contributed by atoms with Crippen molar-refractivity contribution in [2.45, 2.75) is 44.2 Å². The normalized spacial score (nSPS) is 33.4. The van der Waals surface area contributed by atoms with Gasteiger partial charge in [0.2, 0.25) is 11.7 Å². The molecule has 4 atom stereocenters. The lowest BCUT2D eigenvalue weighted by Crippen LogP contribution is -2.46. The average molecular weight is 309 g/mol. The second-order valence-electron chi connectivity index (χ2n) is 5.92. The number of rotatable bonds is 2. The Morgan fingerprint density at radius 3 is 2.91 bits per heavy atom. The van der Waals surface area contributed by atoms with Crippen molar-refractivity contribution in [1.82, 2.24) is 15.0 Å². The third-order valence-electron chi connectivity index (χ3n) is 4.01. The number of aromatic nitrogens is 4. The van der Waals surface area contributed by atoms with E-state index in [4.69, 9.17) is 14.2 Å². The number of hydrogen-bond donors (Lipinski definition) is 3. The maximum atomic E-state index is 11.8. The van der Waals surface area contributed by atoms with E-state index in [-0.39, 0.29) is 18.3 Å². The lowest BCUT2D eigenvalue weighted by Gasteiger charge is -2.22. The van der Waals surface area contributed by atoms with Gasteiger partial charge < -0.3 is 19.3 Å². The minimum atomic E-state index is -0.748. The largest absolute Gasteiger partial charge is 0.394 e. The van der Waals surface area contributed by atoms with Gasteiger partial charge in [-0.2, -0.15) is 0 Å². The average Bonchev–Trinajstić information content (AvgIpc) is 3.10. The Kier molecular flexibility index (Phi) is 2.89. The van der Waals surface area contributed by atoms with Gasteiger partial charge in [0.15, 0.2) is 18.4 Å². The lowest BCUT2D eigenvalue weighted by molar-refractivity contribution is -0.745. The zero-order valence-corrected chi connectivity index (χ0v) is 12.1. The van der Waals surface area contributed by atoms with Crippen molar-refractivity contribution < 1.29 is 23.9 Å². The first kappa shape index (κ1) is 13.8. The summed E-state index contributed by atoms with van der Waals surface area (Å²) in [6.45, 7) is 3.47. The molecule has 0 radical (unpaired) electrons. The van der Waals surface area contributed by atoms with Crippen LogP contribution >= 0.6 is 0 Å². The molecule has 2 aromatic rings. The van der Waals surface area contributed by atoms with Crippen LogP contribution in [0.25, 0.3) is 11.2 Å². The molecule has 2 aliphatic rings. The summed E-state index contributed by atoms with van der Waals surface area (Å²) in [6.07, 6.45) is 1.16. The molecule has 3 N–H and O–H groups in total. The number of H-pyrrole nitrogens is 2. The van der Waals surface area contributed by atoms with E-state index in [0.29, 0.717) is 11.2 Å². The summed E-state index contributed by atoms with van der Waals surface area (Å²) in [5.74, 6) is -0.748. The molecule has 4 rings (SSSR count). The monoisotopic (exact) mass is 309 g/mol. The summed E-state index contributed by atoms with van der Waals surface area (Å²) in [5, 5.41) is 9.51. The number of aliphatic hydroxyl groups is 1. The Labute approximate surface area is 124 Å². The van der Waals surface area contributed by atoms with Crippen LogP contribution in [-0.2, 0) is 14.2 Å². The third kappa shape index (κ3) is 1.90. The molecule has 22 heavy (non-hydrogen) atoms. The quantitative estimate of drug-likeness (QED) is 0.610. The van der Waals surface area contributed by atoms with Gasteiger partial charge in [-0.25, -0.2) is 4.57 Å². The zero-order valence-electron chi connectivity index (χ0n) is 12.1. The number of fused-ring (bicyclic) bond motifs is 2. The Hall–Kier alpha value is -1.81. The van der Waals surface area contributed by atoms with Crippen LogP contribution in [0.2, 0.25) is 0 Å². The number of ether oxygens (including phenoxy) is 3. The van der Waals surface area contributed by atoms with E-state index in [2.05, 4.69) is 15.0 Å². The van der Waals surface area contributed by atoms with Gasteiger partial charge in [0, 0.05) is 0 Å². The molecule has 2 aliphatic heterocycles. The van der Waals surface area contributed by atoms with E-state index in [0.717, 1.165) is 0 Å². The van der Waals surface area contributed by atoms with Crippen molar-refractivity contribution in [3.8, 4) is 0 Å². The predicted octanol–water partition coefficient (Wildman–Crippen LogP) is -1.05. The van der Waals surface area contributed by atoms with E-state index < -0.39 is 24.2 Å². The van der Waals surface area contributed by atoms with Crippen LogP contribution in [0.15, 0.2) is 17.4 Å². The molecule has 0 aliphatic carbocycles. The lowest BCUT2D eigenvalue weighted by atomic mass is 10.1. The highest BCUT2D eigenvalue weighted by Crippen LogP contribution is 2.41. The van der Waals surface area contributed by atoms with Crippen LogP contribution in [0.4, 0.5) is 0 Å². The highest BCUT2D eigenvalue weighted by atomic mass is 16.8. The van der Waals surface area contributed by atoms with Crippen LogP contribution in [0.3, 0.4) is 0 Å². The molecule has 2 aromatic heterocycles. The number of nitrogens with one attached hydrogen (secondary N) is 2. The molecular formula is C13H17N4O5+. The Balaban J connectivity index is 1.78. The Bertz CT molecular complexity index is 769. The van der Waals surface area contributed by atoms with Gasteiger partial charge in [-0.3, -0.25) is 14.8 Å². The topological polar surface area (TPSA) is 113 Å². The minimum Gasteiger partial charge on any atom is -0.394 e. The molecule has 9 nitrogen and oxygen atoms in total. The van der Waals surface area contributed by atoms with E-state index >= 15 is 0 Å². The highest BCUT2D eigenvalue weighted by molar-refractivity contribution is 5.63. The van der Waals surface area contributed by atoms with E-state index in [1.165, 1.54) is 6.33 Å².